The van der Waals surface area contributed by atoms with E-state index in [4.69, 9.17) is 10.5 Å². The Morgan fingerprint density at radius 1 is 1.44 bits per heavy atom. The maximum Gasteiger partial charge on any atom is 0.120 e. The average Bonchev–Trinajstić information content (AvgIpc) is 2.38. The molecule has 0 bridgehead atoms. The summed E-state index contributed by atoms with van der Waals surface area (Å²) >= 11 is 3.51. The normalized spacial score (nSPS) is 20.9. The molecule has 1 aromatic carbocycles. The molecule has 1 aliphatic heterocycles. The van der Waals surface area contributed by atoms with Gasteiger partial charge in [0.05, 0.1) is 0 Å². The molecular weight excluding hydrogens is 292 g/mol. The highest BCUT2D eigenvalue weighted by atomic mass is 79.9. The molecule has 1 fully saturated rings. The van der Waals surface area contributed by atoms with Crippen molar-refractivity contribution in [3.05, 3.63) is 28.2 Å². The number of benzene rings is 1. The van der Waals surface area contributed by atoms with Crippen LogP contribution in [0.25, 0.3) is 0 Å². The van der Waals surface area contributed by atoms with Gasteiger partial charge in [0.15, 0.2) is 0 Å². The smallest absolute Gasteiger partial charge is 0.120 e. The van der Waals surface area contributed by atoms with E-state index in [0.717, 1.165) is 22.4 Å². The Balaban J connectivity index is 1.91. The molecule has 1 atom stereocenters. The second-order valence-electron chi connectivity index (χ2n) is 4.90. The molecule has 0 radical (unpaired) electrons. The summed E-state index contributed by atoms with van der Waals surface area (Å²) in [5.74, 6) is 0.915. The van der Waals surface area contributed by atoms with Gasteiger partial charge in [-0.1, -0.05) is 28.4 Å². The van der Waals surface area contributed by atoms with E-state index in [0.29, 0.717) is 12.6 Å². The van der Waals surface area contributed by atoms with Crippen LogP contribution in [0.2, 0.25) is 0 Å². The molecular formula is C14H21BrN2O. The van der Waals surface area contributed by atoms with E-state index in [9.17, 15) is 0 Å². The fraction of sp³-hybridized carbons (Fsp3) is 0.571. The minimum Gasteiger partial charge on any atom is -0.492 e. The third-order valence-corrected chi connectivity index (χ3v) is 4.35. The van der Waals surface area contributed by atoms with Gasteiger partial charge < -0.3 is 15.4 Å². The van der Waals surface area contributed by atoms with Crippen LogP contribution in [0, 0.1) is 0 Å². The van der Waals surface area contributed by atoms with Gasteiger partial charge in [0, 0.05) is 17.1 Å². The van der Waals surface area contributed by atoms with Crippen LogP contribution < -0.4 is 10.5 Å². The summed E-state index contributed by atoms with van der Waals surface area (Å²) in [6.45, 7) is 2.50. The molecule has 100 valence electrons. The zero-order valence-electron chi connectivity index (χ0n) is 10.9. The Labute approximate surface area is 117 Å². The van der Waals surface area contributed by atoms with E-state index < -0.39 is 0 Å². The average molecular weight is 313 g/mol. The highest BCUT2D eigenvalue weighted by Gasteiger charge is 2.19. The SMILES string of the molecule is CN1CCCCC1COc1ccc(CN)c(Br)c1. The topological polar surface area (TPSA) is 38.5 Å². The highest BCUT2D eigenvalue weighted by Crippen LogP contribution is 2.24. The summed E-state index contributed by atoms with van der Waals surface area (Å²) in [6, 6.07) is 6.57. The predicted octanol–water partition coefficient (Wildman–Crippen LogP) is 2.77. The molecule has 0 saturated carbocycles. The first-order chi connectivity index (χ1) is 8.70. The van der Waals surface area contributed by atoms with Crippen LogP contribution in [-0.4, -0.2) is 31.1 Å². The summed E-state index contributed by atoms with van der Waals surface area (Å²) in [7, 11) is 2.18. The number of piperidine rings is 1. The van der Waals surface area contributed by atoms with Gasteiger partial charge in [-0.25, -0.2) is 0 Å². The van der Waals surface area contributed by atoms with Crippen LogP contribution in [0.1, 0.15) is 24.8 Å². The van der Waals surface area contributed by atoms with Crippen molar-refractivity contribution in [2.75, 3.05) is 20.2 Å². The van der Waals surface area contributed by atoms with E-state index >= 15 is 0 Å². The number of likely N-dealkylation sites (tertiary alicyclic amines) is 1. The van der Waals surface area contributed by atoms with Gasteiger partial charge in [-0.3, -0.25) is 0 Å². The number of halogens is 1. The Bertz CT molecular complexity index is 397. The maximum absolute atomic E-state index is 5.88. The second kappa shape index (κ2) is 6.55. The molecule has 2 N–H and O–H groups in total. The Morgan fingerprint density at radius 3 is 2.94 bits per heavy atom. The Hall–Kier alpha value is -0.580. The van der Waals surface area contributed by atoms with Gasteiger partial charge in [-0.05, 0) is 44.1 Å². The Kier molecular flexibility index (Phi) is 5.03. The van der Waals surface area contributed by atoms with Crippen molar-refractivity contribution >= 4 is 15.9 Å². The number of ether oxygens (including phenoxy) is 1. The zero-order chi connectivity index (χ0) is 13.0. The van der Waals surface area contributed by atoms with Crippen LogP contribution in [0.3, 0.4) is 0 Å². The van der Waals surface area contributed by atoms with Gasteiger partial charge in [-0.15, -0.1) is 0 Å². The fourth-order valence-electron chi connectivity index (χ4n) is 2.33. The van der Waals surface area contributed by atoms with E-state index in [-0.39, 0.29) is 0 Å². The number of nitrogens with two attached hydrogens (primary N) is 1. The van der Waals surface area contributed by atoms with Gasteiger partial charge in [0.1, 0.15) is 12.4 Å². The molecule has 4 heteroatoms. The number of hydrogen-bond acceptors (Lipinski definition) is 3. The maximum atomic E-state index is 5.88. The van der Waals surface area contributed by atoms with Crippen LogP contribution >= 0.6 is 15.9 Å². The zero-order valence-corrected chi connectivity index (χ0v) is 12.4. The summed E-state index contributed by atoms with van der Waals surface area (Å²) < 4.78 is 6.91. The quantitative estimate of drug-likeness (QED) is 0.929. The Morgan fingerprint density at radius 2 is 2.28 bits per heavy atom. The molecule has 1 aromatic rings. The van der Waals surface area contributed by atoms with E-state index in [1.54, 1.807) is 0 Å². The molecule has 1 unspecified atom stereocenters. The van der Waals surface area contributed by atoms with Crippen molar-refractivity contribution in [3.8, 4) is 5.75 Å². The van der Waals surface area contributed by atoms with E-state index in [1.165, 1.54) is 25.8 Å². The lowest BCUT2D eigenvalue weighted by Gasteiger charge is -2.32. The summed E-state index contributed by atoms with van der Waals surface area (Å²) in [5.41, 5.74) is 6.74. The molecule has 1 aliphatic rings. The van der Waals surface area contributed by atoms with Gasteiger partial charge in [0.2, 0.25) is 0 Å². The molecule has 1 heterocycles. The van der Waals surface area contributed by atoms with E-state index in [2.05, 4.69) is 27.9 Å². The van der Waals surface area contributed by atoms with Gasteiger partial charge >= 0.3 is 0 Å². The standard InChI is InChI=1S/C14H21BrN2O/c1-17-7-3-2-4-12(17)10-18-13-6-5-11(9-16)14(15)8-13/h5-6,8,12H,2-4,7,9-10,16H2,1H3. The van der Waals surface area contributed by atoms with Crippen molar-refractivity contribution in [1.29, 1.82) is 0 Å². The van der Waals surface area contributed by atoms with Crippen LogP contribution in [0.5, 0.6) is 5.75 Å². The largest absolute Gasteiger partial charge is 0.492 e. The van der Waals surface area contributed by atoms with Gasteiger partial charge in [-0.2, -0.15) is 0 Å². The summed E-state index contributed by atoms with van der Waals surface area (Å²) in [5, 5.41) is 0. The molecule has 1 saturated heterocycles. The molecule has 3 nitrogen and oxygen atoms in total. The van der Waals surface area contributed by atoms with Crippen molar-refractivity contribution < 1.29 is 4.74 Å². The van der Waals surface area contributed by atoms with E-state index in [1.807, 2.05) is 18.2 Å². The van der Waals surface area contributed by atoms with Crippen LogP contribution in [0.4, 0.5) is 0 Å². The van der Waals surface area contributed by atoms with Crippen LogP contribution in [0.15, 0.2) is 22.7 Å². The number of likely N-dealkylation sites (N-methyl/N-ethyl adjacent to an activating group) is 1. The molecule has 2 rings (SSSR count). The lowest BCUT2D eigenvalue weighted by molar-refractivity contribution is 0.125. The van der Waals surface area contributed by atoms with Crippen molar-refractivity contribution in [2.24, 2.45) is 5.73 Å². The molecule has 0 aliphatic carbocycles. The molecule has 0 spiro atoms. The monoisotopic (exact) mass is 312 g/mol. The van der Waals surface area contributed by atoms with Crippen molar-refractivity contribution in [2.45, 2.75) is 31.8 Å². The third-order valence-electron chi connectivity index (χ3n) is 3.61. The first-order valence-corrected chi connectivity index (χ1v) is 7.31. The lowest BCUT2D eigenvalue weighted by Crippen LogP contribution is -2.40. The third kappa shape index (κ3) is 3.46. The highest BCUT2D eigenvalue weighted by molar-refractivity contribution is 9.10. The number of rotatable bonds is 4. The molecule has 0 amide bonds. The fourth-order valence-corrected chi connectivity index (χ4v) is 2.85. The second-order valence-corrected chi connectivity index (χ2v) is 5.75. The minimum absolute atomic E-state index is 0.548. The minimum atomic E-state index is 0.548. The summed E-state index contributed by atoms with van der Waals surface area (Å²) in [6.07, 6.45) is 3.86. The number of hydrogen-bond donors (Lipinski definition) is 1. The molecule has 18 heavy (non-hydrogen) atoms. The van der Waals surface area contributed by atoms with Gasteiger partial charge in [0.25, 0.3) is 0 Å². The first kappa shape index (κ1) is 13.8. The van der Waals surface area contributed by atoms with Crippen LogP contribution in [-0.2, 0) is 6.54 Å². The van der Waals surface area contributed by atoms with Crippen molar-refractivity contribution in [3.63, 3.8) is 0 Å². The summed E-state index contributed by atoms with van der Waals surface area (Å²) in [4.78, 5) is 2.40. The number of nitrogens with zero attached hydrogens (tertiary/aromatic N) is 1. The first-order valence-electron chi connectivity index (χ1n) is 6.52. The molecule has 0 aromatic heterocycles. The van der Waals surface area contributed by atoms with Crippen molar-refractivity contribution in [1.82, 2.24) is 4.90 Å². The predicted molar refractivity (Wildman–Crippen MR) is 77.8 cm³/mol. The lowest BCUT2D eigenvalue weighted by atomic mass is 10.0.